The van der Waals surface area contributed by atoms with Crippen molar-refractivity contribution in [3.63, 3.8) is 0 Å². The number of halogens is 2. The van der Waals surface area contributed by atoms with Crippen molar-refractivity contribution < 1.29 is 18.6 Å². The van der Waals surface area contributed by atoms with Gasteiger partial charge < -0.3 is 9.84 Å². The minimum Gasteiger partial charge on any atom is -0.435 e. The topological polar surface area (TPSA) is 42.4 Å². The number of ether oxygens (including phenoxy) is 1. The molecule has 0 aliphatic carbocycles. The average molecular weight is 257 g/mol. The van der Waals surface area contributed by atoms with E-state index >= 15 is 0 Å². The molecule has 0 bridgehead atoms. The Kier molecular flexibility index (Phi) is 3.65. The Hall–Kier alpha value is -1.53. The molecule has 90 valence electrons. The molecule has 0 unspecified atom stereocenters. The Morgan fingerprint density at radius 3 is 2.88 bits per heavy atom. The van der Waals surface area contributed by atoms with Gasteiger partial charge in [0.25, 0.3) is 0 Å². The molecule has 0 spiro atoms. The summed E-state index contributed by atoms with van der Waals surface area (Å²) in [5.74, 6) is 0.0936. The van der Waals surface area contributed by atoms with E-state index in [-0.39, 0.29) is 12.4 Å². The van der Waals surface area contributed by atoms with Gasteiger partial charge in [0.05, 0.1) is 12.3 Å². The van der Waals surface area contributed by atoms with E-state index in [9.17, 15) is 8.78 Å². The number of thiazole rings is 1. The lowest BCUT2D eigenvalue weighted by molar-refractivity contribution is -0.0498. The van der Waals surface area contributed by atoms with Crippen molar-refractivity contribution in [1.82, 2.24) is 4.98 Å². The van der Waals surface area contributed by atoms with Crippen LogP contribution >= 0.6 is 11.3 Å². The highest BCUT2D eigenvalue weighted by Gasteiger charge is 2.07. The van der Waals surface area contributed by atoms with Gasteiger partial charge in [0.2, 0.25) is 0 Å². The number of benzene rings is 1. The zero-order valence-corrected chi connectivity index (χ0v) is 9.45. The highest BCUT2D eigenvalue weighted by Crippen LogP contribution is 2.26. The number of rotatable bonds is 4. The molecule has 0 aliphatic rings. The third kappa shape index (κ3) is 2.98. The molecular weight excluding hydrogens is 248 g/mol. The Morgan fingerprint density at radius 1 is 1.41 bits per heavy atom. The second kappa shape index (κ2) is 5.20. The summed E-state index contributed by atoms with van der Waals surface area (Å²) in [7, 11) is 0. The van der Waals surface area contributed by atoms with Gasteiger partial charge in [0, 0.05) is 10.9 Å². The van der Waals surface area contributed by atoms with Crippen molar-refractivity contribution in [3.8, 4) is 17.0 Å². The van der Waals surface area contributed by atoms with Crippen LogP contribution in [0.2, 0.25) is 0 Å². The number of aliphatic hydroxyl groups is 1. The molecule has 17 heavy (non-hydrogen) atoms. The third-order valence-electron chi connectivity index (χ3n) is 2.04. The molecule has 0 radical (unpaired) electrons. The highest BCUT2D eigenvalue weighted by molar-refractivity contribution is 7.09. The van der Waals surface area contributed by atoms with Crippen molar-refractivity contribution in [2.75, 3.05) is 0 Å². The smallest absolute Gasteiger partial charge is 0.387 e. The standard InChI is InChI=1S/C11H9F2NO2S/c12-11(13)16-8-3-1-2-7(4-8)9-6-17-10(5-15)14-9/h1-4,6,11,15H,5H2. The molecule has 0 saturated heterocycles. The van der Waals surface area contributed by atoms with Crippen LogP contribution < -0.4 is 4.74 Å². The fourth-order valence-corrected chi connectivity index (χ4v) is 2.01. The van der Waals surface area contributed by atoms with E-state index in [0.29, 0.717) is 16.3 Å². The summed E-state index contributed by atoms with van der Waals surface area (Å²) in [5.41, 5.74) is 1.32. The zero-order valence-electron chi connectivity index (χ0n) is 8.64. The lowest BCUT2D eigenvalue weighted by Crippen LogP contribution is -2.01. The predicted octanol–water partition coefficient (Wildman–Crippen LogP) is 2.90. The van der Waals surface area contributed by atoms with E-state index in [1.54, 1.807) is 17.5 Å². The first-order valence-electron chi connectivity index (χ1n) is 4.79. The largest absolute Gasteiger partial charge is 0.435 e. The van der Waals surface area contributed by atoms with Crippen LogP contribution in [0.1, 0.15) is 5.01 Å². The van der Waals surface area contributed by atoms with Crippen LogP contribution in [0, 0.1) is 0 Å². The molecule has 0 amide bonds. The molecule has 1 aromatic carbocycles. The van der Waals surface area contributed by atoms with Gasteiger partial charge in [-0.3, -0.25) is 0 Å². The first-order chi connectivity index (χ1) is 8.19. The van der Waals surface area contributed by atoms with Gasteiger partial charge in [-0.25, -0.2) is 4.98 Å². The molecule has 1 N–H and O–H groups in total. The SMILES string of the molecule is OCc1nc(-c2cccc(OC(F)F)c2)cs1. The molecule has 0 aliphatic heterocycles. The molecule has 2 rings (SSSR count). The van der Waals surface area contributed by atoms with Crippen LogP contribution in [0.5, 0.6) is 5.75 Å². The minimum atomic E-state index is -2.84. The Balaban J connectivity index is 2.26. The summed E-state index contributed by atoms with van der Waals surface area (Å²) < 4.78 is 28.4. The fraction of sp³-hybridized carbons (Fsp3) is 0.182. The first-order valence-corrected chi connectivity index (χ1v) is 5.67. The maximum atomic E-state index is 12.0. The summed E-state index contributed by atoms with van der Waals surface area (Å²) in [6, 6.07) is 6.30. The molecule has 2 aromatic rings. The molecule has 6 heteroatoms. The molecule has 0 fully saturated rings. The Bertz CT molecular complexity index is 502. The lowest BCUT2D eigenvalue weighted by Gasteiger charge is -2.05. The molecule has 3 nitrogen and oxygen atoms in total. The normalized spacial score (nSPS) is 10.8. The zero-order chi connectivity index (χ0) is 12.3. The van der Waals surface area contributed by atoms with Gasteiger partial charge in [-0.05, 0) is 12.1 Å². The van der Waals surface area contributed by atoms with Gasteiger partial charge in [-0.15, -0.1) is 11.3 Å². The third-order valence-corrected chi connectivity index (χ3v) is 2.88. The summed E-state index contributed by atoms with van der Waals surface area (Å²) in [5, 5.41) is 11.2. The predicted molar refractivity (Wildman–Crippen MR) is 60.1 cm³/mol. The van der Waals surface area contributed by atoms with E-state index in [1.165, 1.54) is 23.5 Å². The van der Waals surface area contributed by atoms with Crippen molar-refractivity contribution in [3.05, 3.63) is 34.7 Å². The lowest BCUT2D eigenvalue weighted by atomic mass is 10.2. The number of hydrogen-bond acceptors (Lipinski definition) is 4. The van der Waals surface area contributed by atoms with E-state index in [4.69, 9.17) is 5.11 Å². The van der Waals surface area contributed by atoms with E-state index in [1.807, 2.05) is 0 Å². The van der Waals surface area contributed by atoms with Crippen LogP contribution in [0.25, 0.3) is 11.3 Å². The molecule has 0 atom stereocenters. The summed E-state index contributed by atoms with van der Waals surface area (Å²) in [4.78, 5) is 4.14. The van der Waals surface area contributed by atoms with Crippen LogP contribution in [0.4, 0.5) is 8.78 Å². The summed E-state index contributed by atoms with van der Waals surface area (Å²) >= 11 is 1.31. The number of nitrogens with zero attached hydrogens (tertiary/aromatic N) is 1. The van der Waals surface area contributed by atoms with Crippen LogP contribution in [-0.2, 0) is 6.61 Å². The minimum absolute atomic E-state index is 0.0936. The van der Waals surface area contributed by atoms with E-state index < -0.39 is 6.61 Å². The molecule has 0 saturated carbocycles. The Morgan fingerprint density at radius 2 is 2.24 bits per heavy atom. The van der Waals surface area contributed by atoms with Crippen LogP contribution in [0.15, 0.2) is 29.6 Å². The van der Waals surface area contributed by atoms with Crippen LogP contribution in [0.3, 0.4) is 0 Å². The van der Waals surface area contributed by atoms with Crippen molar-refractivity contribution >= 4 is 11.3 Å². The number of aliphatic hydroxyl groups excluding tert-OH is 1. The molecule has 1 aromatic heterocycles. The van der Waals surface area contributed by atoms with Gasteiger partial charge in [0.1, 0.15) is 10.8 Å². The highest BCUT2D eigenvalue weighted by atomic mass is 32.1. The maximum Gasteiger partial charge on any atom is 0.387 e. The van der Waals surface area contributed by atoms with Crippen molar-refractivity contribution in [1.29, 1.82) is 0 Å². The Labute approximate surface area is 100 Å². The molecular formula is C11H9F2NO2S. The van der Waals surface area contributed by atoms with Crippen molar-refractivity contribution in [2.45, 2.75) is 13.2 Å². The number of hydrogen-bond donors (Lipinski definition) is 1. The second-order valence-electron chi connectivity index (χ2n) is 3.19. The average Bonchev–Trinajstić information content (AvgIpc) is 2.77. The van der Waals surface area contributed by atoms with Crippen LogP contribution in [-0.4, -0.2) is 16.7 Å². The monoisotopic (exact) mass is 257 g/mol. The summed E-state index contributed by atoms with van der Waals surface area (Å²) in [6.07, 6.45) is 0. The van der Waals surface area contributed by atoms with E-state index in [0.717, 1.165) is 0 Å². The first kappa shape index (κ1) is 11.9. The van der Waals surface area contributed by atoms with Gasteiger partial charge in [0.15, 0.2) is 0 Å². The van der Waals surface area contributed by atoms with Gasteiger partial charge >= 0.3 is 6.61 Å². The maximum absolute atomic E-state index is 12.0. The van der Waals surface area contributed by atoms with Crippen molar-refractivity contribution in [2.24, 2.45) is 0 Å². The number of aromatic nitrogens is 1. The van der Waals surface area contributed by atoms with Gasteiger partial charge in [-0.1, -0.05) is 12.1 Å². The number of alkyl halides is 2. The fourth-order valence-electron chi connectivity index (χ4n) is 1.35. The summed E-state index contributed by atoms with van der Waals surface area (Å²) in [6.45, 7) is -2.97. The molecule has 1 heterocycles. The van der Waals surface area contributed by atoms with Gasteiger partial charge in [-0.2, -0.15) is 8.78 Å². The quantitative estimate of drug-likeness (QED) is 0.915. The van der Waals surface area contributed by atoms with E-state index in [2.05, 4.69) is 9.72 Å². The second-order valence-corrected chi connectivity index (χ2v) is 4.13.